The van der Waals surface area contributed by atoms with E-state index in [-0.39, 0.29) is 11.2 Å². The third kappa shape index (κ3) is 3.06. The zero-order valence-corrected chi connectivity index (χ0v) is 7.31. The molecule has 2 heteroatoms. The minimum atomic E-state index is -0.152. The molecule has 0 spiro atoms. The van der Waals surface area contributed by atoms with Crippen molar-refractivity contribution in [2.24, 2.45) is 5.92 Å². The molecule has 1 atom stereocenters. The third-order valence-corrected chi connectivity index (χ3v) is 2.40. The second kappa shape index (κ2) is 4.55. The molecule has 1 aliphatic carbocycles. The van der Waals surface area contributed by atoms with Gasteiger partial charge in [0.25, 0.3) is 0 Å². The quantitative estimate of drug-likeness (QED) is 0.439. The summed E-state index contributed by atoms with van der Waals surface area (Å²) < 4.78 is 0. The van der Waals surface area contributed by atoms with Crippen LogP contribution in [0.1, 0.15) is 32.1 Å². The van der Waals surface area contributed by atoms with E-state index in [0.717, 1.165) is 32.1 Å². The highest BCUT2D eigenvalue weighted by Crippen LogP contribution is 2.20. The van der Waals surface area contributed by atoms with Crippen LogP contribution in [0.5, 0.6) is 0 Å². The van der Waals surface area contributed by atoms with Crippen molar-refractivity contribution in [3.63, 3.8) is 0 Å². The van der Waals surface area contributed by atoms with E-state index in [1.54, 1.807) is 0 Å². The normalized spacial score (nSPS) is 25.7. The number of rotatable bonds is 1. The van der Waals surface area contributed by atoms with Gasteiger partial charge in [0.15, 0.2) is 0 Å². The minimum Gasteiger partial charge on any atom is -0.281 e. The highest BCUT2D eigenvalue weighted by molar-refractivity contribution is 6.63. The molecule has 11 heavy (non-hydrogen) atoms. The van der Waals surface area contributed by atoms with Crippen molar-refractivity contribution in [2.45, 2.75) is 32.1 Å². The zero-order valence-electron chi connectivity index (χ0n) is 6.55. The van der Waals surface area contributed by atoms with Gasteiger partial charge in [-0.25, -0.2) is 0 Å². The van der Waals surface area contributed by atoms with Gasteiger partial charge in [-0.3, -0.25) is 4.79 Å². The lowest BCUT2D eigenvalue weighted by molar-refractivity contribution is -0.115. The molecule has 1 rings (SSSR count). The van der Waals surface area contributed by atoms with Crippen molar-refractivity contribution in [1.82, 2.24) is 0 Å². The van der Waals surface area contributed by atoms with Gasteiger partial charge in [-0.15, -0.1) is 0 Å². The second-order valence-corrected chi connectivity index (χ2v) is 3.35. The Hall–Kier alpha value is -0.300. The van der Waals surface area contributed by atoms with Crippen LogP contribution in [0.25, 0.3) is 0 Å². The predicted molar refractivity (Wildman–Crippen MR) is 46.6 cm³/mol. The first-order valence-corrected chi connectivity index (χ1v) is 4.53. The molecule has 0 fully saturated rings. The Labute approximate surface area is 72.4 Å². The van der Waals surface area contributed by atoms with Crippen LogP contribution in [-0.2, 0) is 4.79 Å². The summed E-state index contributed by atoms with van der Waals surface area (Å²) in [7, 11) is 0. The molecule has 0 bridgehead atoms. The summed E-state index contributed by atoms with van der Waals surface area (Å²) in [5.74, 6) is 0.113. The third-order valence-electron chi connectivity index (χ3n) is 2.09. The zero-order chi connectivity index (χ0) is 8.10. The van der Waals surface area contributed by atoms with Gasteiger partial charge in [0.1, 0.15) is 0 Å². The van der Waals surface area contributed by atoms with Crippen molar-refractivity contribution < 1.29 is 4.79 Å². The Balaban J connectivity index is 2.42. The first kappa shape index (κ1) is 8.79. The lowest BCUT2D eigenvalue weighted by Crippen LogP contribution is -2.09. The van der Waals surface area contributed by atoms with Crippen LogP contribution in [-0.4, -0.2) is 5.24 Å². The molecule has 0 radical (unpaired) electrons. The van der Waals surface area contributed by atoms with Gasteiger partial charge >= 0.3 is 0 Å². The maximum atomic E-state index is 10.8. The molecule has 0 saturated carbocycles. The molecule has 1 aliphatic rings. The van der Waals surface area contributed by atoms with Crippen molar-refractivity contribution in [3.8, 4) is 0 Å². The summed E-state index contributed by atoms with van der Waals surface area (Å²) in [4.78, 5) is 10.8. The fourth-order valence-electron chi connectivity index (χ4n) is 1.39. The van der Waals surface area contributed by atoms with Crippen molar-refractivity contribution in [2.75, 3.05) is 0 Å². The van der Waals surface area contributed by atoms with Gasteiger partial charge in [-0.05, 0) is 43.7 Å². The van der Waals surface area contributed by atoms with Gasteiger partial charge in [-0.2, -0.15) is 0 Å². The summed E-state index contributed by atoms with van der Waals surface area (Å²) in [6, 6.07) is 0. The largest absolute Gasteiger partial charge is 0.281 e. The fourth-order valence-corrected chi connectivity index (χ4v) is 1.60. The Morgan fingerprint density at radius 3 is 2.73 bits per heavy atom. The average Bonchev–Trinajstić information content (AvgIpc) is 1.84. The van der Waals surface area contributed by atoms with Gasteiger partial charge < -0.3 is 0 Å². The van der Waals surface area contributed by atoms with Crippen LogP contribution in [0, 0.1) is 5.92 Å². The second-order valence-electron chi connectivity index (χ2n) is 2.98. The van der Waals surface area contributed by atoms with Crippen molar-refractivity contribution in [3.05, 3.63) is 12.2 Å². The molecule has 0 aromatic rings. The number of hydrogen-bond acceptors (Lipinski definition) is 1. The monoisotopic (exact) mass is 172 g/mol. The van der Waals surface area contributed by atoms with Crippen LogP contribution >= 0.6 is 11.6 Å². The van der Waals surface area contributed by atoms with Gasteiger partial charge in [0.05, 0.1) is 0 Å². The first-order valence-electron chi connectivity index (χ1n) is 4.15. The first-order chi connectivity index (χ1) is 5.30. The van der Waals surface area contributed by atoms with Gasteiger partial charge in [0.2, 0.25) is 5.24 Å². The van der Waals surface area contributed by atoms with Crippen molar-refractivity contribution >= 4 is 16.8 Å². The minimum absolute atomic E-state index is 0.113. The van der Waals surface area contributed by atoms with E-state index in [1.807, 2.05) is 0 Å². The number of carbonyl (C=O) groups excluding carboxylic acids is 1. The molecule has 0 aromatic heterocycles. The summed E-state index contributed by atoms with van der Waals surface area (Å²) in [6.45, 7) is 0. The maximum absolute atomic E-state index is 10.8. The van der Waals surface area contributed by atoms with E-state index in [4.69, 9.17) is 11.6 Å². The molecule has 0 aromatic carbocycles. The molecule has 0 amide bonds. The van der Waals surface area contributed by atoms with Gasteiger partial charge in [0, 0.05) is 5.92 Å². The summed E-state index contributed by atoms with van der Waals surface area (Å²) in [5.41, 5.74) is 0. The standard InChI is InChI=1S/C9H13ClO/c10-9(11)8-6-4-2-1-3-5-7-8/h1-2,8H,3-7H2. The smallest absolute Gasteiger partial charge is 0.224 e. The highest BCUT2D eigenvalue weighted by atomic mass is 35.5. The molecule has 0 saturated heterocycles. The summed E-state index contributed by atoms with van der Waals surface area (Å²) in [5, 5.41) is -0.152. The Morgan fingerprint density at radius 1 is 1.27 bits per heavy atom. The van der Waals surface area contributed by atoms with Crippen molar-refractivity contribution in [1.29, 1.82) is 0 Å². The van der Waals surface area contributed by atoms with E-state index in [2.05, 4.69) is 12.2 Å². The van der Waals surface area contributed by atoms with Crippen LogP contribution in [0.15, 0.2) is 12.2 Å². The van der Waals surface area contributed by atoms with E-state index in [0.29, 0.717) is 0 Å². The Bertz CT molecular complexity index is 163. The molecule has 1 unspecified atom stereocenters. The SMILES string of the molecule is O=C(Cl)C1CCC=CCCC1. The molecular formula is C9H13ClO. The summed E-state index contributed by atoms with van der Waals surface area (Å²) >= 11 is 5.42. The van der Waals surface area contributed by atoms with E-state index in [1.165, 1.54) is 0 Å². The van der Waals surface area contributed by atoms with E-state index in [9.17, 15) is 4.79 Å². The topological polar surface area (TPSA) is 17.1 Å². The molecule has 0 aliphatic heterocycles. The van der Waals surface area contributed by atoms with E-state index >= 15 is 0 Å². The lowest BCUT2D eigenvalue weighted by atomic mass is 9.95. The Kier molecular flexibility index (Phi) is 3.64. The summed E-state index contributed by atoms with van der Waals surface area (Å²) in [6.07, 6.45) is 9.43. The molecule has 0 heterocycles. The average molecular weight is 173 g/mol. The number of carbonyl (C=O) groups is 1. The lowest BCUT2D eigenvalue weighted by Gasteiger charge is -2.11. The number of halogens is 1. The maximum Gasteiger partial charge on any atom is 0.224 e. The molecular weight excluding hydrogens is 160 g/mol. The van der Waals surface area contributed by atoms with Crippen LogP contribution < -0.4 is 0 Å². The molecule has 0 N–H and O–H groups in total. The van der Waals surface area contributed by atoms with Crippen LogP contribution in [0.4, 0.5) is 0 Å². The Morgan fingerprint density at radius 2 is 2.00 bits per heavy atom. The number of hydrogen-bond donors (Lipinski definition) is 0. The number of allylic oxidation sites excluding steroid dienone is 2. The molecule has 1 nitrogen and oxygen atoms in total. The molecule has 62 valence electrons. The highest BCUT2D eigenvalue weighted by Gasteiger charge is 2.15. The fraction of sp³-hybridized carbons (Fsp3) is 0.667. The van der Waals surface area contributed by atoms with E-state index < -0.39 is 0 Å². The predicted octanol–water partition coefficient (Wildman–Crippen LogP) is 2.89. The van der Waals surface area contributed by atoms with Gasteiger partial charge in [-0.1, -0.05) is 12.2 Å². The van der Waals surface area contributed by atoms with Crippen LogP contribution in [0.3, 0.4) is 0 Å². The van der Waals surface area contributed by atoms with Crippen LogP contribution in [0.2, 0.25) is 0 Å².